The number of carbonyl (C=O) groups excluding carboxylic acids is 4. The fourth-order valence-electron chi connectivity index (χ4n) is 6.82. The van der Waals surface area contributed by atoms with Gasteiger partial charge < -0.3 is 9.80 Å². The quantitative estimate of drug-likeness (QED) is 0.496. The van der Waals surface area contributed by atoms with E-state index in [0.717, 1.165) is 12.8 Å². The van der Waals surface area contributed by atoms with E-state index in [0.29, 0.717) is 44.8 Å². The lowest BCUT2D eigenvalue weighted by molar-refractivity contribution is -0.349. The van der Waals surface area contributed by atoms with Crippen molar-refractivity contribution in [3.05, 3.63) is 12.1 Å². The number of hydrogen-bond acceptors (Lipinski definition) is 6. The molecule has 6 rings (SSSR count). The molecule has 6 heterocycles. The van der Waals surface area contributed by atoms with Crippen LogP contribution in [0.15, 0.2) is 12.1 Å². The highest BCUT2D eigenvalue weighted by Gasteiger charge is 2.64. The van der Waals surface area contributed by atoms with Crippen LogP contribution in [0, 0.1) is 11.3 Å². The zero-order chi connectivity index (χ0) is 30.8. The largest absolute Gasteiger partial charge is 0.529 e. The molecule has 5 aliphatic rings. The van der Waals surface area contributed by atoms with Crippen LogP contribution in [0.1, 0.15) is 53.4 Å². The molecule has 11 nitrogen and oxygen atoms in total. The summed E-state index contributed by atoms with van der Waals surface area (Å²) >= 11 is 0. The lowest BCUT2D eigenvalue weighted by Gasteiger charge is -2.50. The van der Waals surface area contributed by atoms with Crippen molar-refractivity contribution in [1.29, 1.82) is 0 Å². The van der Waals surface area contributed by atoms with Crippen LogP contribution in [0.4, 0.5) is 35.3 Å². The maximum Gasteiger partial charge on any atom is 0.529 e. The number of nitrogens with zero attached hydrogens (tertiary/aromatic N) is 5. The summed E-state index contributed by atoms with van der Waals surface area (Å²) in [6.07, 6.45) is -2.23. The number of amides is 4. The number of hydroxylamine groups is 2. The second-order valence-electron chi connectivity index (χ2n) is 13.1. The van der Waals surface area contributed by atoms with Crippen LogP contribution in [-0.2, 0) is 19.2 Å². The van der Waals surface area contributed by atoms with Crippen molar-refractivity contribution in [2.75, 3.05) is 49.6 Å². The molecular formula is C28H39F3N6O5+2. The minimum Gasteiger partial charge on any atom is -0.343 e. The lowest BCUT2D eigenvalue weighted by atomic mass is 9.87. The van der Waals surface area contributed by atoms with Crippen LogP contribution in [-0.4, -0.2) is 91.6 Å². The molecule has 0 saturated carbocycles. The summed E-state index contributed by atoms with van der Waals surface area (Å²) in [7, 11) is 1.44. The monoisotopic (exact) mass is 596 g/mol. The number of likely N-dealkylation sites (tertiary alicyclic amines) is 1. The Bertz CT molecular complexity index is 1290. The number of H-pyrrole nitrogens is 1. The highest BCUT2D eigenvalue weighted by atomic mass is 19.4. The number of fused-ring (bicyclic) bond motifs is 4. The molecule has 3 unspecified atom stereocenters. The molecule has 1 aromatic rings. The molecular weight excluding hydrogens is 557 g/mol. The van der Waals surface area contributed by atoms with Crippen molar-refractivity contribution in [3.63, 3.8) is 0 Å². The number of alkyl halides is 3. The predicted molar refractivity (Wildman–Crippen MR) is 146 cm³/mol. The molecule has 4 saturated heterocycles. The normalized spacial score (nSPS) is 26.5. The maximum atomic E-state index is 13.5. The number of piperazine rings is 1. The summed E-state index contributed by atoms with van der Waals surface area (Å²) in [4.78, 5) is 66.0. The molecule has 0 spiro atoms. The van der Waals surface area contributed by atoms with Gasteiger partial charge in [0.25, 0.3) is 5.69 Å². The van der Waals surface area contributed by atoms with Gasteiger partial charge in [-0.05, 0) is 25.7 Å². The maximum absolute atomic E-state index is 13.5. The van der Waals surface area contributed by atoms with Gasteiger partial charge in [-0.15, -0.1) is 0 Å². The molecule has 4 fully saturated rings. The van der Waals surface area contributed by atoms with Gasteiger partial charge in [-0.1, -0.05) is 20.8 Å². The number of nitrogens with one attached hydrogen (secondary N) is 1. The number of rotatable bonds is 4. The van der Waals surface area contributed by atoms with Crippen LogP contribution < -0.4 is 19.4 Å². The first-order chi connectivity index (χ1) is 19.5. The van der Waals surface area contributed by atoms with Gasteiger partial charge in [0, 0.05) is 48.1 Å². The standard InChI is InChI=1S/C28H38F3N6O5/c1-17(38)34-12-10-18(11-13-34)24(39)36-15-19-6-7-20(36)14-35(19)22-9-8-21-23(32-22)33(5)26(41)37(21,16-27(2,3)4)42-25(40)28(29,30)31/h8-9,18-20H,6-7,10-16H2,1-5H3/q+1/p+1. The molecule has 3 atom stereocenters. The number of piperidine rings is 3. The highest BCUT2D eigenvalue weighted by molar-refractivity contribution is 6.07. The van der Waals surface area contributed by atoms with Crippen molar-refractivity contribution in [1.82, 2.24) is 14.4 Å². The zero-order valence-electron chi connectivity index (χ0n) is 24.7. The molecule has 0 aromatic carbocycles. The van der Waals surface area contributed by atoms with E-state index < -0.39 is 28.2 Å². The van der Waals surface area contributed by atoms with E-state index in [1.165, 1.54) is 11.9 Å². The number of hydrogen-bond donors (Lipinski definition) is 0. The summed E-state index contributed by atoms with van der Waals surface area (Å²) in [6.45, 7) is 8.89. The summed E-state index contributed by atoms with van der Waals surface area (Å²) in [6, 6.07) is 2.46. The highest BCUT2D eigenvalue weighted by Crippen LogP contribution is 2.44. The number of aromatic amines is 1. The van der Waals surface area contributed by atoms with Gasteiger partial charge in [0.2, 0.25) is 17.6 Å². The molecule has 0 radical (unpaired) electrons. The van der Waals surface area contributed by atoms with Gasteiger partial charge in [-0.2, -0.15) is 22.9 Å². The Morgan fingerprint density at radius 1 is 1.02 bits per heavy atom. The van der Waals surface area contributed by atoms with Gasteiger partial charge in [0.15, 0.2) is 0 Å². The van der Waals surface area contributed by atoms with Crippen molar-refractivity contribution in [3.8, 4) is 0 Å². The molecule has 0 aliphatic carbocycles. The average molecular weight is 597 g/mol. The van der Waals surface area contributed by atoms with Crippen molar-refractivity contribution < 1.29 is 42.2 Å². The molecule has 1 aromatic heterocycles. The fourth-order valence-corrected chi connectivity index (χ4v) is 6.82. The summed E-state index contributed by atoms with van der Waals surface area (Å²) in [5.41, 5.74) is -0.553. The Morgan fingerprint density at radius 2 is 1.67 bits per heavy atom. The van der Waals surface area contributed by atoms with Crippen LogP contribution in [0.3, 0.4) is 0 Å². The molecule has 2 bridgehead atoms. The van der Waals surface area contributed by atoms with E-state index in [4.69, 9.17) is 4.84 Å². The van der Waals surface area contributed by atoms with E-state index in [9.17, 15) is 32.3 Å². The van der Waals surface area contributed by atoms with Crippen LogP contribution >= 0.6 is 0 Å². The van der Waals surface area contributed by atoms with E-state index >= 15 is 0 Å². The molecule has 14 heteroatoms. The third-order valence-electron chi connectivity index (χ3n) is 8.79. The van der Waals surface area contributed by atoms with Crippen molar-refractivity contribution in [2.45, 2.75) is 71.6 Å². The number of carbonyl (C=O) groups is 4. The summed E-state index contributed by atoms with van der Waals surface area (Å²) < 4.78 is 38.6. The van der Waals surface area contributed by atoms with Crippen molar-refractivity contribution >= 4 is 41.1 Å². The summed E-state index contributed by atoms with van der Waals surface area (Å²) in [5, 5.41) is 0. The van der Waals surface area contributed by atoms with Gasteiger partial charge in [-0.25, -0.2) is 14.6 Å². The number of halogens is 3. The number of aromatic nitrogens is 1. The van der Waals surface area contributed by atoms with Gasteiger partial charge in [0.05, 0.1) is 32.2 Å². The number of quaternary nitrogens is 1. The Labute approximate surface area is 242 Å². The van der Waals surface area contributed by atoms with Gasteiger partial charge >= 0.3 is 24.0 Å². The minimum atomic E-state index is -5.27. The molecule has 5 aliphatic heterocycles. The van der Waals surface area contributed by atoms with Crippen molar-refractivity contribution in [2.24, 2.45) is 11.3 Å². The van der Waals surface area contributed by atoms with Crippen LogP contribution in [0.2, 0.25) is 0 Å². The lowest BCUT2D eigenvalue weighted by Crippen LogP contribution is -2.65. The Morgan fingerprint density at radius 3 is 2.21 bits per heavy atom. The number of urea groups is 1. The number of pyridine rings is 1. The third kappa shape index (κ3) is 5.29. The van der Waals surface area contributed by atoms with Crippen LogP contribution in [0.25, 0.3) is 0 Å². The first-order valence-electron chi connectivity index (χ1n) is 14.4. The molecule has 1 N–H and O–H groups in total. The molecule has 4 amide bonds. The second kappa shape index (κ2) is 10.4. The van der Waals surface area contributed by atoms with Gasteiger partial charge in [0.1, 0.15) is 6.54 Å². The summed E-state index contributed by atoms with van der Waals surface area (Å²) in [5.74, 6) is -1.46. The smallest absolute Gasteiger partial charge is 0.343 e. The fraction of sp³-hybridized carbons (Fsp3) is 0.679. The third-order valence-corrected chi connectivity index (χ3v) is 8.79. The Balaban J connectivity index is 1.38. The van der Waals surface area contributed by atoms with E-state index in [1.54, 1.807) is 44.7 Å². The van der Waals surface area contributed by atoms with Gasteiger partial charge in [-0.3, -0.25) is 14.5 Å². The Kier molecular flexibility index (Phi) is 7.43. The van der Waals surface area contributed by atoms with E-state index in [1.807, 2.05) is 4.90 Å². The van der Waals surface area contributed by atoms with E-state index in [2.05, 4.69) is 9.88 Å². The zero-order valence-corrected chi connectivity index (χ0v) is 24.7. The van der Waals surface area contributed by atoms with E-state index in [-0.39, 0.29) is 47.9 Å². The topological polar surface area (TPSA) is 105 Å². The molecule has 42 heavy (non-hydrogen) atoms. The second-order valence-corrected chi connectivity index (χ2v) is 13.1. The van der Waals surface area contributed by atoms with Crippen LogP contribution in [0.5, 0.6) is 0 Å². The predicted octanol–water partition coefficient (Wildman–Crippen LogP) is 2.88. The number of anilines is 2. The minimum absolute atomic E-state index is 0.00199. The first-order valence-corrected chi connectivity index (χ1v) is 14.4. The SMILES string of the molecule is CC(=O)N1CCC(C(=O)N2CC3CCC2CN3c2ccc3c([nH+]2)N(C)C(=O)[N+]3(CC(C)(C)C)OC(=O)C(F)(F)F)CC1. The first kappa shape index (κ1) is 30.1. The Hall–Kier alpha value is -3.42. The average Bonchev–Trinajstić information content (AvgIpc) is 3.12. The molecule has 230 valence electrons.